The molecular formula is C63H122O6. The van der Waals surface area contributed by atoms with Crippen molar-refractivity contribution in [1.82, 2.24) is 0 Å². The van der Waals surface area contributed by atoms with Crippen LogP contribution in [0, 0.1) is 17.8 Å². The van der Waals surface area contributed by atoms with Crippen LogP contribution < -0.4 is 0 Å². The van der Waals surface area contributed by atoms with Gasteiger partial charge in [-0.3, -0.25) is 14.4 Å². The number of hydrogen-bond donors (Lipinski definition) is 0. The van der Waals surface area contributed by atoms with Gasteiger partial charge in [-0.2, -0.15) is 0 Å². The van der Waals surface area contributed by atoms with Crippen molar-refractivity contribution in [3.8, 4) is 0 Å². The van der Waals surface area contributed by atoms with Gasteiger partial charge in [-0.15, -0.1) is 0 Å². The van der Waals surface area contributed by atoms with Gasteiger partial charge < -0.3 is 14.2 Å². The maximum absolute atomic E-state index is 12.9. The number of carbonyl (C=O) groups excluding carboxylic acids is 3. The molecule has 0 aromatic heterocycles. The van der Waals surface area contributed by atoms with E-state index in [2.05, 4.69) is 41.5 Å². The van der Waals surface area contributed by atoms with E-state index >= 15 is 0 Å². The average Bonchev–Trinajstić information content (AvgIpc) is 3.32. The highest BCUT2D eigenvalue weighted by molar-refractivity contribution is 5.71. The zero-order chi connectivity index (χ0) is 50.5. The number of esters is 3. The minimum absolute atomic E-state index is 0.0628. The predicted octanol–water partition coefficient (Wildman–Crippen LogP) is 20.7. The normalized spacial score (nSPS) is 12.5. The van der Waals surface area contributed by atoms with Crippen molar-refractivity contribution in [2.45, 2.75) is 356 Å². The molecule has 69 heavy (non-hydrogen) atoms. The minimum atomic E-state index is -0.764. The lowest BCUT2D eigenvalue weighted by molar-refractivity contribution is -0.167. The Morgan fingerprint density at radius 1 is 0.290 bits per heavy atom. The van der Waals surface area contributed by atoms with Gasteiger partial charge in [-0.1, -0.05) is 311 Å². The van der Waals surface area contributed by atoms with Crippen LogP contribution in [-0.4, -0.2) is 37.2 Å². The molecule has 6 heteroatoms. The van der Waals surface area contributed by atoms with E-state index in [0.717, 1.165) is 75.5 Å². The number of ether oxygens (including phenoxy) is 3. The van der Waals surface area contributed by atoms with Gasteiger partial charge in [0.05, 0.1) is 0 Å². The second-order valence-electron chi connectivity index (χ2n) is 22.9. The molecule has 0 aliphatic carbocycles. The summed E-state index contributed by atoms with van der Waals surface area (Å²) < 4.78 is 16.9. The number of hydrogen-bond acceptors (Lipinski definition) is 6. The second kappa shape index (κ2) is 54.2. The average molecular weight is 976 g/mol. The minimum Gasteiger partial charge on any atom is -0.462 e. The lowest BCUT2D eigenvalue weighted by atomic mass is 9.99. The Kier molecular flexibility index (Phi) is 52.9. The van der Waals surface area contributed by atoms with E-state index in [-0.39, 0.29) is 31.1 Å². The SMILES string of the molecule is CCC(C)CCCCCCCCCCCCCCCCC(=O)OC[C@@H](COC(=O)CCCCCCCCCCCCCCCC(C)C)OC(=O)CCCCCCCCCCCCCCCCC(C)C. The topological polar surface area (TPSA) is 78.9 Å². The van der Waals surface area contributed by atoms with Crippen molar-refractivity contribution in [3.63, 3.8) is 0 Å². The zero-order valence-electron chi connectivity index (χ0n) is 47.6. The summed E-state index contributed by atoms with van der Waals surface area (Å²) in [4.78, 5) is 38.3. The monoisotopic (exact) mass is 975 g/mol. The van der Waals surface area contributed by atoms with Crippen LogP contribution in [0.15, 0.2) is 0 Å². The zero-order valence-corrected chi connectivity index (χ0v) is 47.6. The van der Waals surface area contributed by atoms with E-state index in [4.69, 9.17) is 14.2 Å². The summed E-state index contributed by atoms with van der Waals surface area (Å²) in [5.74, 6) is 1.74. The Balaban J connectivity index is 4.30. The van der Waals surface area contributed by atoms with Crippen LogP contribution in [0.5, 0.6) is 0 Å². The largest absolute Gasteiger partial charge is 0.462 e. The molecule has 0 aliphatic rings. The molecule has 1 unspecified atom stereocenters. The van der Waals surface area contributed by atoms with Crippen LogP contribution in [0.1, 0.15) is 350 Å². The van der Waals surface area contributed by atoms with Gasteiger partial charge in [-0.25, -0.2) is 0 Å². The number of unbranched alkanes of at least 4 members (excludes halogenated alkanes) is 38. The quantitative estimate of drug-likeness (QED) is 0.0343. The summed E-state index contributed by atoms with van der Waals surface area (Å²) in [5.41, 5.74) is 0. The van der Waals surface area contributed by atoms with Gasteiger partial charge in [0.1, 0.15) is 13.2 Å². The predicted molar refractivity (Wildman–Crippen MR) is 298 cm³/mol. The Labute approximate surface area is 431 Å². The van der Waals surface area contributed by atoms with Crippen LogP contribution in [0.4, 0.5) is 0 Å². The van der Waals surface area contributed by atoms with Crippen LogP contribution in [0.2, 0.25) is 0 Å². The first-order chi connectivity index (χ1) is 33.6. The fourth-order valence-corrected chi connectivity index (χ4v) is 9.67. The fraction of sp³-hybridized carbons (Fsp3) is 0.952. The highest BCUT2D eigenvalue weighted by Crippen LogP contribution is 2.19. The van der Waals surface area contributed by atoms with E-state index in [9.17, 15) is 14.4 Å². The van der Waals surface area contributed by atoms with Gasteiger partial charge in [0.25, 0.3) is 0 Å². The van der Waals surface area contributed by atoms with Crippen molar-refractivity contribution in [1.29, 1.82) is 0 Å². The molecule has 0 aliphatic heterocycles. The first kappa shape index (κ1) is 67.4. The third kappa shape index (κ3) is 55.6. The molecule has 6 nitrogen and oxygen atoms in total. The van der Waals surface area contributed by atoms with E-state index in [1.54, 1.807) is 0 Å². The van der Waals surface area contributed by atoms with Crippen LogP contribution in [0.3, 0.4) is 0 Å². The third-order valence-electron chi connectivity index (χ3n) is 14.8. The molecule has 0 N–H and O–H groups in total. The fourth-order valence-electron chi connectivity index (χ4n) is 9.67. The van der Waals surface area contributed by atoms with Gasteiger partial charge in [0.2, 0.25) is 0 Å². The molecule has 0 aromatic carbocycles. The molecule has 0 saturated heterocycles. The van der Waals surface area contributed by atoms with E-state index in [0.29, 0.717) is 19.3 Å². The molecule has 410 valence electrons. The third-order valence-corrected chi connectivity index (χ3v) is 14.8. The standard InChI is InChI=1S/C63H122O6/c1-7-59(6)51-45-39-33-27-21-15-9-11-16-22-28-34-40-46-52-61(64)67-55-60(56-68-62(65)53-47-41-35-29-23-18-12-14-20-26-32-38-44-50-58(4)5)69-63(66)54-48-42-36-30-24-17-10-8-13-19-25-31-37-43-49-57(2)3/h57-60H,7-56H2,1-6H3/t59?,60-/m0/s1. The van der Waals surface area contributed by atoms with Gasteiger partial charge >= 0.3 is 17.9 Å². The maximum atomic E-state index is 12.9. The number of rotatable bonds is 56. The first-order valence-electron chi connectivity index (χ1n) is 31.1. The molecule has 0 aromatic rings. The Morgan fingerprint density at radius 3 is 0.754 bits per heavy atom. The molecule has 0 spiro atoms. The maximum Gasteiger partial charge on any atom is 0.306 e. The van der Waals surface area contributed by atoms with E-state index in [1.165, 1.54) is 231 Å². The van der Waals surface area contributed by atoms with Crippen LogP contribution in [-0.2, 0) is 28.6 Å². The summed E-state index contributed by atoms with van der Waals surface area (Å²) >= 11 is 0. The molecule has 2 atom stereocenters. The second-order valence-corrected chi connectivity index (χ2v) is 22.9. The van der Waals surface area contributed by atoms with E-state index < -0.39 is 6.10 Å². The van der Waals surface area contributed by atoms with Crippen molar-refractivity contribution >= 4 is 17.9 Å². The van der Waals surface area contributed by atoms with Gasteiger partial charge in [0, 0.05) is 19.3 Å². The summed E-state index contributed by atoms with van der Waals surface area (Å²) in [6, 6.07) is 0. The molecule has 0 bridgehead atoms. The molecule has 0 saturated carbocycles. The van der Waals surface area contributed by atoms with Crippen LogP contribution >= 0.6 is 0 Å². The Bertz CT molecular complexity index is 1070. The molecule has 0 radical (unpaired) electrons. The molecule has 0 heterocycles. The van der Waals surface area contributed by atoms with Gasteiger partial charge in [-0.05, 0) is 37.0 Å². The lowest BCUT2D eigenvalue weighted by Gasteiger charge is -2.18. The molecule has 0 fully saturated rings. The smallest absolute Gasteiger partial charge is 0.306 e. The van der Waals surface area contributed by atoms with E-state index in [1.807, 2.05) is 0 Å². The van der Waals surface area contributed by atoms with Crippen molar-refractivity contribution in [3.05, 3.63) is 0 Å². The van der Waals surface area contributed by atoms with Crippen molar-refractivity contribution < 1.29 is 28.6 Å². The lowest BCUT2D eigenvalue weighted by Crippen LogP contribution is -2.30. The highest BCUT2D eigenvalue weighted by atomic mass is 16.6. The molecule has 0 amide bonds. The van der Waals surface area contributed by atoms with Crippen molar-refractivity contribution in [2.24, 2.45) is 17.8 Å². The molecule has 0 rings (SSSR count). The highest BCUT2D eigenvalue weighted by Gasteiger charge is 2.19. The van der Waals surface area contributed by atoms with Crippen LogP contribution in [0.25, 0.3) is 0 Å². The van der Waals surface area contributed by atoms with Gasteiger partial charge in [0.15, 0.2) is 6.10 Å². The first-order valence-corrected chi connectivity index (χ1v) is 31.1. The summed E-state index contributed by atoms with van der Waals surface area (Å²) in [6.45, 7) is 13.8. The summed E-state index contributed by atoms with van der Waals surface area (Å²) in [7, 11) is 0. The Morgan fingerprint density at radius 2 is 0.507 bits per heavy atom. The summed E-state index contributed by atoms with van der Waals surface area (Å²) in [6.07, 6.45) is 58.0. The molecular weight excluding hydrogens is 853 g/mol. The van der Waals surface area contributed by atoms with Crippen molar-refractivity contribution in [2.75, 3.05) is 13.2 Å². The number of carbonyl (C=O) groups is 3. The summed E-state index contributed by atoms with van der Waals surface area (Å²) in [5, 5.41) is 0. The Hall–Kier alpha value is -1.59.